The Morgan fingerprint density at radius 2 is 1.84 bits per heavy atom. The minimum absolute atomic E-state index is 0.0167. The number of hydrogen-bond acceptors (Lipinski definition) is 6. The summed E-state index contributed by atoms with van der Waals surface area (Å²) in [6, 6.07) is 9.55. The number of amides is 2. The van der Waals surface area contributed by atoms with Gasteiger partial charge in [-0.1, -0.05) is 0 Å². The number of carbonyl (C=O) groups excluding carboxylic acids is 2. The van der Waals surface area contributed by atoms with Gasteiger partial charge in [0.2, 0.25) is 10.0 Å². The van der Waals surface area contributed by atoms with Gasteiger partial charge in [-0.05, 0) is 67.1 Å². The Hall–Kier alpha value is -3.02. The molecule has 1 aliphatic carbocycles. The molecule has 8 nitrogen and oxygen atoms in total. The van der Waals surface area contributed by atoms with E-state index in [1.807, 2.05) is 0 Å². The van der Waals surface area contributed by atoms with Crippen molar-refractivity contribution in [3.8, 4) is 0 Å². The second-order valence-electron chi connectivity index (χ2n) is 7.29. The standard InChI is InChI=1S/C20H15FN4O4S2/c21-10-1-8-15-14(9-10)16(18(26)24-15)17-19(27)25(12-4-5-12)20(30-17)23-11-2-6-13(7-3-11)31(22,28)29/h1-3,6-9,12H,4-5H2,(H,24,26)(H2,22,28,29)/b17-16-,23-20-. The summed E-state index contributed by atoms with van der Waals surface area (Å²) in [4.78, 5) is 32.0. The van der Waals surface area contributed by atoms with Crippen molar-refractivity contribution in [2.75, 3.05) is 5.32 Å². The number of halogens is 1. The summed E-state index contributed by atoms with van der Waals surface area (Å²) >= 11 is 1.05. The normalized spacial score (nSPS) is 22.3. The average Bonchev–Trinajstić information content (AvgIpc) is 3.42. The van der Waals surface area contributed by atoms with Crippen LogP contribution in [0, 0.1) is 5.82 Å². The number of nitrogens with zero attached hydrogens (tertiary/aromatic N) is 2. The summed E-state index contributed by atoms with van der Waals surface area (Å²) in [5.74, 6) is -1.33. The zero-order chi connectivity index (χ0) is 21.9. The fraction of sp³-hybridized carbons (Fsp3) is 0.150. The van der Waals surface area contributed by atoms with Crippen LogP contribution in [0.25, 0.3) is 5.57 Å². The molecular weight excluding hydrogens is 443 g/mol. The number of primary sulfonamides is 1. The van der Waals surface area contributed by atoms with E-state index in [0.717, 1.165) is 24.6 Å². The van der Waals surface area contributed by atoms with Gasteiger partial charge in [0.1, 0.15) is 5.82 Å². The van der Waals surface area contributed by atoms with Crippen LogP contribution in [0.2, 0.25) is 0 Å². The van der Waals surface area contributed by atoms with Crippen molar-refractivity contribution < 1.29 is 22.4 Å². The molecule has 2 heterocycles. The molecule has 0 radical (unpaired) electrons. The van der Waals surface area contributed by atoms with E-state index in [-0.39, 0.29) is 27.3 Å². The molecule has 31 heavy (non-hydrogen) atoms. The van der Waals surface area contributed by atoms with Crippen LogP contribution in [-0.2, 0) is 19.6 Å². The summed E-state index contributed by atoms with van der Waals surface area (Å²) in [5, 5.41) is 8.16. The molecule has 0 aromatic heterocycles. The molecule has 2 amide bonds. The highest BCUT2D eigenvalue weighted by molar-refractivity contribution is 8.18. The molecule has 11 heteroatoms. The van der Waals surface area contributed by atoms with Gasteiger partial charge in [0.25, 0.3) is 11.8 Å². The number of amidine groups is 1. The summed E-state index contributed by atoms with van der Waals surface area (Å²) in [5.41, 5.74) is 1.35. The Balaban J connectivity index is 1.58. The van der Waals surface area contributed by atoms with Crippen molar-refractivity contribution in [3.63, 3.8) is 0 Å². The molecular formula is C20H15FN4O4S2. The number of rotatable bonds is 3. The van der Waals surface area contributed by atoms with Gasteiger partial charge >= 0.3 is 0 Å². The number of carbonyl (C=O) groups is 2. The first-order valence-electron chi connectivity index (χ1n) is 9.31. The minimum atomic E-state index is -3.83. The lowest BCUT2D eigenvalue weighted by atomic mass is 10.1. The molecule has 2 aliphatic heterocycles. The number of aliphatic imine (C=N–C) groups is 1. The first-order valence-corrected chi connectivity index (χ1v) is 11.7. The van der Waals surface area contributed by atoms with Crippen LogP contribution in [0.3, 0.4) is 0 Å². The van der Waals surface area contributed by atoms with Gasteiger partial charge in [-0.2, -0.15) is 0 Å². The zero-order valence-electron chi connectivity index (χ0n) is 15.8. The van der Waals surface area contributed by atoms with Gasteiger partial charge in [0.15, 0.2) is 5.17 Å². The van der Waals surface area contributed by atoms with Crippen molar-refractivity contribution in [2.24, 2.45) is 10.1 Å². The fourth-order valence-electron chi connectivity index (χ4n) is 3.46. The quantitative estimate of drug-likeness (QED) is 0.685. The molecule has 0 atom stereocenters. The molecule has 0 unspecified atom stereocenters. The van der Waals surface area contributed by atoms with Gasteiger partial charge in [-0.15, -0.1) is 0 Å². The Bertz CT molecular complexity index is 1320. The van der Waals surface area contributed by atoms with Crippen LogP contribution < -0.4 is 10.5 Å². The number of thioether (sulfide) groups is 1. The van der Waals surface area contributed by atoms with Crippen LogP contribution in [-0.4, -0.2) is 36.3 Å². The topological polar surface area (TPSA) is 122 Å². The highest BCUT2D eigenvalue weighted by Crippen LogP contribution is 2.46. The highest BCUT2D eigenvalue weighted by atomic mass is 32.2. The van der Waals surface area contributed by atoms with E-state index < -0.39 is 21.7 Å². The van der Waals surface area contributed by atoms with Gasteiger partial charge in [0.05, 0.1) is 21.1 Å². The first kappa shape index (κ1) is 19.9. The van der Waals surface area contributed by atoms with Crippen LogP contribution in [0.5, 0.6) is 0 Å². The van der Waals surface area contributed by atoms with E-state index in [0.29, 0.717) is 22.1 Å². The van der Waals surface area contributed by atoms with Crippen molar-refractivity contribution >= 4 is 55.7 Å². The predicted molar refractivity (Wildman–Crippen MR) is 114 cm³/mol. The lowest BCUT2D eigenvalue weighted by Gasteiger charge is -2.14. The number of sulfonamides is 1. The molecule has 5 rings (SSSR count). The van der Waals surface area contributed by atoms with Crippen LogP contribution in [0.15, 0.2) is 57.3 Å². The lowest BCUT2D eigenvalue weighted by molar-refractivity contribution is -0.122. The number of benzene rings is 2. The van der Waals surface area contributed by atoms with Gasteiger partial charge < -0.3 is 5.32 Å². The number of nitrogens with two attached hydrogens (primary N) is 1. The van der Waals surface area contributed by atoms with Crippen LogP contribution in [0.1, 0.15) is 18.4 Å². The molecule has 2 aromatic rings. The molecule has 0 bridgehead atoms. The maximum atomic E-state index is 13.8. The predicted octanol–water partition coefficient (Wildman–Crippen LogP) is 2.56. The number of anilines is 1. The van der Waals surface area contributed by atoms with E-state index in [1.165, 1.54) is 42.5 Å². The maximum absolute atomic E-state index is 13.8. The lowest BCUT2D eigenvalue weighted by Crippen LogP contribution is -2.31. The van der Waals surface area contributed by atoms with Gasteiger partial charge in [0, 0.05) is 17.3 Å². The van der Waals surface area contributed by atoms with E-state index in [4.69, 9.17) is 5.14 Å². The smallest absolute Gasteiger partial charge is 0.267 e. The van der Waals surface area contributed by atoms with Crippen molar-refractivity contribution in [3.05, 3.63) is 58.8 Å². The molecule has 2 fully saturated rings. The SMILES string of the molecule is NS(=O)(=O)c1ccc(/N=C2\S/C(=C3\C(=O)Nc4ccc(F)cc43)C(=O)N2C2CC2)cc1. The third-order valence-electron chi connectivity index (χ3n) is 5.07. The van der Waals surface area contributed by atoms with Crippen LogP contribution in [0.4, 0.5) is 15.8 Å². The Morgan fingerprint density at radius 3 is 2.48 bits per heavy atom. The minimum Gasteiger partial charge on any atom is -0.321 e. The van der Waals surface area contributed by atoms with Gasteiger partial charge in [-0.3, -0.25) is 14.5 Å². The third-order valence-corrected chi connectivity index (χ3v) is 7.05. The second kappa shape index (κ2) is 7.01. The number of fused-ring (bicyclic) bond motifs is 1. The third kappa shape index (κ3) is 3.54. The largest absolute Gasteiger partial charge is 0.321 e. The maximum Gasteiger partial charge on any atom is 0.267 e. The van der Waals surface area contributed by atoms with E-state index in [9.17, 15) is 22.4 Å². The Morgan fingerprint density at radius 1 is 1.13 bits per heavy atom. The van der Waals surface area contributed by atoms with E-state index in [1.54, 1.807) is 4.90 Å². The summed E-state index contributed by atoms with van der Waals surface area (Å²) in [6.07, 6.45) is 1.63. The van der Waals surface area contributed by atoms with Crippen molar-refractivity contribution in [1.29, 1.82) is 0 Å². The molecule has 3 aliphatic rings. The zero-order valence-corrected chi connectivity index (χ0v) is 17.5. The van der Waals surface area contributed by atoms with Crippen molar-refractivity contribution in [2.45, 2.75) is 23.8 Å². The van der Waals surface area contributed by atoms with Gasteiger partial charge in [-0.25, -0.2) is 22.9 Å². The summed E-state index contributed by atoms with van der Waals surface area (Å²) in [7, 11) is -3.83. The monoisotopic (exact) mass is 458 g/mol. The van der Waals surface area contributed by atoms with Crippen LogP contribution >= 0.6 is 11.8 Å². The average molecular weight is 458 g/mol. The Kier molecular flexibility index (Phi) is 4.50. The second-order valence-corrected chi connectivity index (χ2v) is 9.83. The number of hydrogen-bond donors (Lipinski definition) is 2. The Labute approximate surface area is 181 Å². The number of nitrogens with one attached hydrogen (secondary N) is 1. The van der Waals surface area contributed by atoms with E-state index >= 15 is 0 Å². The molecule has 1 saturated carbocycles. The molecule has 0 spiro atoms. The van der Waals surface area contributed by atoms with E-state index in [2.05, 4.69) is 10.3 Å². The summed E-state index contributed by atoms with van der Waals surface area (Å²) < 4.78 is 36.7. The molecule has 1 saturated heterocycles. The first-order chi connectivity index (χ1) is 14.7. The van der Waals surface area contributed by atoms with Crippen molar-refractivity contribution in [1.82, 2.24) is 4.90 Å². The summed E-state index contributed by atoms with van der Waals surface area (Å²) in [6.45, 7) is 0. The molecule has 3 N–H and O–H groups in total. The highest BCUT2D eigenvalue weighted by Gasteiger charge is 2.46. The molecule has 2 aromatic carbocycles. The molecule has 158 valence electrons. The fourth-order valence-corrected chi connectivity index (χ4v) is 5.13.